The fourth-order valence-electron chi connectivity index (χ4n) is 4.42. The number of thiazole rings is 1. The maximum Gasteiger partial charge on any atom is 0.332 e. The highest BCUT2D eigenvalue weighted by molar-refractivity contribution is 7.14. The summed E-state index contributed by atoms with van der Waals surface area (Å²) in [4.78, 5) is 54.9. The van der Waals surface area contributed by atoms with Crippen molar-refractivity contribution in [2.24, 2.45) is 27.1 Å². The van der Waals surface area contributed by atoms with Gasteiger partial charge in [0.05, 0.1) is 17.3 Å². The van der Waals surface area contributed by atoms with Gasteiger partial charge < -0.3 is 10.1 Å². The van der Waals surface area contributed by atoms with Gasteiger partial charge in [0.25, 0.3) is 5.56 Å². The Balaban J connectivity index is 1.35. The Hall–Kier alpha value is -3.71. The van der Waals surface area contributed by atoms with E-state index in [1.165, 1.54) is 31.8 Å². The number of anilines is 1. The second kappa shape index (κ2) is 9.87. The predicted octanol–water partition coefficient (Wildman–Crippen LogP) is 2.47. The minimum atomic E-state index is -0.691. The molecule has 38 heavy (non-hydrogen) atoms. The molecule has 200 valence electrons. The summed E-state index contributed by atoms with van der Waals surface area (Å²) in [6.07, 6.45) is 3.29. The van der Waals surface area contributed by atoms with Crippen molar-refractivity contribution in [3.05, 3.63) is 59.7 Å². The number of fused-ring (bicyclic) bond motifs is 1. The molecule has 0 bridgehead atoms. The predicted molar refractivity (Wildman–Crippen MR) is 142 cm³/mol. The van der Waals surface area contributed by atoms with Crippen LogP contribution in [0.5, 0.6) is 5.75 Å². The molecule has 11 nitrogen and oxygen atoms in total. The van der Waals surface area contributed by atoms with Crippen LogP contribution in [0, 0.1) is 11.7 Å². The van der Waals surface area contributed by atoms with Gasteiger partial charge in [-0.05, 0) is 30.9 Å². The van der Waals surface area contributed by atoms with Crippen molar-refractivity contribution in [2.45, 2.75) is 25.8 Å². The van der Waals surface area contributed by atoms with Gasteiger partial charge in [0.15, 0.2) is 27.9 Å². The second-order valence-electron chi connectivity index (χ2n) is 9.27. The topological polar surface area (TPSA) is 122 Å². The lowest BCUT2D eigenvalue weighted by Crippen LogP contribution is -2.38. The molecule has 0 spiro atoms. The first-order valence-corrected chi connectivity index (χ1v) is 13.1. The number of ether oxygens (including phenoxy) is 1. The van der Waals surface area contributed by atoms with Gasteiger partial charge in [0.2, 0.25) is 5.91 Å². The minimum Gasteiger partial charge on any atom is -0.489 e. The van der Waals surface area contributed by atoms with E-state index in [4.69, 9.17) is 16.3 Å². The Kier molecular flexibility index (Phi) is 6.73. The lowest BCUT2D eigenvalue weighted by Gasteiger charge is -2.25. The van der Waals surface area contributed by atoms with E-state index in [-0.39, 0.29) is 27.1 Å². The van der Waals surface area contributed by atoms with Crippen LogP contribution in [0.4, 0.5) is 9.52 Å². The Labute approximate surface area is 223 Å². The quantitative estimate of drug-likeness (QED) is 0.369. The molecule has 0 aliphatic heterocycles. The molecular weight excluding hydrogens is 539 g/mol. The number of hydrogen-bond acceptors (Lipinski definition) is 7. The molecule has 0 atom stereocenters. The van der Waals surface area contributed by atoms with Gasteiger partial charge in [-0.3, -0.25) is 27.9 Å². The molecule has 14 heteroatoms. The van der Waals surface area contributed by atoms with Gasteiger partial charge >= 0.3 is 11.4 Å². The fourth-order valence-corrected chi connectivity index (χ4v) is 5.42. The van der Waals surface area contributed by atoms with Crippen LogP contribution in [0.25, 0.3) is 22.4 Å². The molecule has 1 N–H and O–H groups in total. The number of rotatable bonds is 7. The highest BCUT2D eigenvalue weighted by atomic mass is 35.5. The number of benzene rings is 1. The Morgan fingerprint density at radius 3 is 2.53 bits per heavy atom. The summed E-state index contributed by atoms with van der Waals surface area (Å²) in [6.45, 7) is -0.0585. The van der Waals surface area contributed by atoms with Crippen LogP contribution in [-0.4, -0.2) is 35.8 Å². The van der Waals surface area contributed by atoms with E-state index < -0.39 is 35.2 Å². The van der Waals surface area contributed by atoms with Crippen LogP contribution >= 0.6 is 22.9 Å². The monoisotopic (exact) mass is 562 g/mol. The molecular formula is C24H24ClFN6O5S. The molecule has 1 saturated carbocycles. The van der Waals surface area contributed by atoms with E-state index in [0.717, 1.165) is 44.3 Å². The van der Waals surface area contributed by atoms with Crippen molar-refractivity contribution in [1.82, 2.24) is 23.3 Å². The molecule has 1 amide bonds. The smallest absolute Gasteiger partial charge is 0.332 e. The van der Waals surface area contributed by atoms with Gasteiger partial charge in [-0.1, -0.05) is 18.0 Å². The summed E-state index contributed by atoms with van der Waals surface area (Å²) in [6, 6.07) is 2.83. The normalized spacial score (nSPS) is 13.6. The van der Waals surface area contributed by atoms with Crippen molar-refractivity contribution in [3.8, 4) is 17.0 Å². The number of hydrogen-bond donors (Lipinski definition) is 1. The highest BCUT2D eigenvalue weighted by Crippen LogP contribution is 2.36. The highest BCUT2D eigenvalue weighted by Gasteiger charge is 2.23. The lowest BCUT2D eigenvalue weighted by molar-refractivity contribution is -0.116. The van der Waals surface area contributed by atoms with Gasteiger partial charge in [0.1, 0.15) is 6.54 Å². The molecule has 1 fully saturated rings. The summed E-state index contributed by atoms with van der Waals surface area (Å²) in [7, 11) is 4.15. The van der Waals surface area contributed by atoms with E-state index in [9.17, 15) is 23.6 Å². The molecule has 3 aromatic heterocycles. The van der Waals surface area contributed by atoms with Gasteiger partial charge in [-0.15, -0.1) is 11.3 Å². The van der Waals surface area contributed by atoms with Crippen molar-refractivity contribution >= 4 is 45.1 Å². The van der Waals surface area contributed by atoms with Crippen molar-refractivity contribution in [1.29, 1.82) is 0 Å². The van der Waals surface area contributed by atoms with Gasteiger partial charge in [-0.25, -0.2) is 19.0 Å². The average Bonchev–Trinajstić information content (AvgIpc) is 3.40. The summed E-state index contributed by atoms with van der Waals surface area (Å²) in [5, 5.41) is 4.57. The number of nitrogens with zero attached hydrogens (tertiary/aromatic N) is 5. The standard InChI is InChI=1S/C24H24ClFN6O5S/c1-29-20-18(21(34)31(3)23(29)35)32(24(36)30(20)2)9-17(33)28-22-27-16(11-38-22)13-7-14(25)19(15(26)8-13)37-10-12-5-4-6-12/h7-8,11-12H,4-6,9-10H2,1-3H3,(H,27,28,33). The van der Waals surface area contributed by atoms with E-state index in [2.05, 4.69) is 10.3 Å². The second-order valence-corrected chi connectivity index (χ2v) is 10.5. The summed E-state index contributed by atoms with van der Waals surface area (Å²) < 4.78 is 24.5. The Morgan fingerprint density at radius 2 is 1.87 bits per heavy atom. The third-order valence-corrected chi connectivity index (χ3v) is 7.79. The van der Waals surface area contributed by atoms with E-state index in [1.807, 2.05) is 0 Å². The third-order valence-electron chi connectivity index (χ3n) is 6.75. The molecule has 3 heterocycles. The number of aryl methyl sites for hydroxylation is 2. The molecule has 4 aromatic rings. The molecule has 5 rings (SSSR count). The lowest BCUT2D eigenvalue weighted by atomic mass is 9.86. The zero-order valence-corrected chi connectivity index (χ0v) is 22.4. The van der Waals surface area contributed by atoms with Crippen LogP contribution < -0.4 is 27.0 Å². The number of nitrogens with one attached hydrogen (secondary N) is 1. The maximum absolute atomic E-state index is 14.7. The number of halogens is 2. The van der Waals surface area contributed by atoms with Crippen LogP contribution in [-0.2, 0) is 32.5 Å². The van der Waals surface area contributed by atoms with E-state index in [0.29, 0.717) is 23.8 Å². The Bertz CT molecular complexity index is 1740. The number of carbonyl (C=O) groups excluding carboxylic acids is 1. The Morgan fingerprint density at radius 1 is 1.16 bits per heavy atom. The molecule has 1 aliphatic rings. The molecule has 1 aromatic carbocycles. The van der Waals surface area contributed by atoms with Gasteiger partial charge in [0, 0.05) is 32.1 Å². The van der Waals surface area contributed by atoms with Crippen molar-refractivity contribution in [3.63, 3.8) is 0 Å². The average molecular weight is 563 g/mol. The van der Waals surface area contributed by atoms with Crippen LogP contribution in [0.2, 0.25) is 5.02 Å². The minimum absolute atomic E-state index is 0.00949. The third kappa shape index (κ3) is 4.45. The van der Waals surface area contributed by atoms with Gasteiger partial charge in [-0.2, -0.15) is 0 Å². The number of carbonyl (C=O) groups is 1. The number of imidazole rings is 1. The summed E-state index contributed by atoms with van der Waals surface area (Å²) >= 11 is 7.38. The molecule has 0 saturated heterocycles. The SMILES string of the molecule is Cn1c(=O)c2c(n(C)c1=O)n(C)c(=O)n2CC(=O)Nc1nc(-c2cc(F)c(OCC3CCC3)c(Cl)c2)cs1. The summed E-state index contributed by atoms with van der Waals surface area (Å²) in [5.74, 6) is -0.776. The summed E-state index contributed by atoms with van der Waals surface area (Å²) in [5.41, 5.74) is -1.07. The first kappa shape index (κ1) is 25.9. The first-order valence-electron chi connectivity index (χ1n) is 11.8. The first-order chi connectivity index (χ1) is 18.1. The van der Waals surface area contributed by atoms with Crippen LogP contribution in [0.3, 0.4) is 0 Å². The molecule has 0 unspecified atom stereocenters. The van der Waals surface area contributed by atoms with Crippen molar-refractivity contribution < 1.29 is 13.9 Å². The number of aromatic nitrogens is 5. The molecule has 1 aliphatic carbocycles. The fraction of sp³-hybridized carbons (Fsp3) is 0.375. The zero-order chi connectivity index (χ0) is 27.3. The van der Waals surface area contributed by atoms with E-state index >= 15 is 0 Å². The maximum atomic E-state index is 14.7. The van der Waals surface area contributed by atoms with Crippen LogP contribution in [0.1, 0.15) is 19.3 Å². The largest absolute Gasteiger partial charge is 0.489 e. The molecule has 0 radical (unpaired) electrons. The van der Waals surface area contributed by atoms with Crippen LogP contribution in [0.15, 0.2) is 31.9 Å². The number of amides is 1. The van der Waals surface area contributed by atoms with E-state index in [1.54, 1.807) is 11.4 Å². The zero-order valence-electron chi connectivity index (χ0n) is 20.8. The van der Waals surface area contributed by atoms with Crippen molar-refractivity contribution in [2.75, 3.05) is 11.9 Å².